The van der Waals surface area contributed by atoms with Crippen molar-refractivity contribution in [3.63, 3.8) is 0 Å². The molecule has 0 saturated heterocycles. The Kier molecular flexibility index (Phi) is 4.72. The molecule has 0 saturated carbocycles. The van der Waals surface area contributed by atoms with Crippen molar-refractivity contribution in [3.05, 3.63) is 108 Å². The summed E-state index contributed by atoms with van der Waals surface area (Å²) in [5.41, 5.74) is 4.58. The lowest BCUT2D eigenvalue weighted by Crippen LogP contribution is -2.13. The van der Waals surface area contributed by atoms with Crippen LogP contribution in [0.3, 0.4) is 0 Å². The van der Waals surface area contributed by atoms with Crippen LogP contribution in [-0.2, 0) is 6.54 Å². The molecule has 148 valence electrons. The predicted molar refractivity (Wildman–Crippen MR) is 123 cm³/mol. The number of para-hydroxylation sites is 2. The van der Waals surface area contributed by atoms with E-state index in [2.05, 4.69) is 91.2 Å². The normalized spacial score (nSPS) is 12.3. The second-order valence-electron chi connectivity index (χ2n) is 7.76. The zero-order valence-electron chi connectivity index (χ0n) is 17.2. The maximum absolute atomic E-state index is 6.29. The molecule has 0 aliphatic heterocycles. The Labute approximate surface area is 176 Å². The second-order valence-corrected chi connectivity index (χ2v) is 7.76. The van der Waals surface area contributed by atoms with E-state index in [0.717, 1.165) is 29.2 Å². The van der Waals surface area contributed by atoms with Crippen LogP contribution in [0.4, 0.5) is 0 Å². The van der Waals surface area contributed by atoms with Crippen LogP contribution in [0.2, 0.25) is 0 Å². The molecular formula is C27H24N2O. The first-order chi connectivity index (χ1) is 14.7. The Morgan fingerprint density at radius 3 is 2.53 bits per heavy atom. The van der Waals surface area contributed by atoms with Gasteiger partial charge in [-0.05, 0) is 60.0 Å². The van der Waals surface area contributed by atoms with Crippen LogP contribution in [0.25, 0.3) is 21.8 Å². The Balaban J connectivity index is 1.58. The van der Waals surface area contributed by atoms with Crippen molar-refractivity contribution in [2.75, 3.05) is 0 Å². The molecule has 0 amide bonds. The lowest BCUT2D eigenvalue weighted by Gasteiger charge is -2.18. The summed E-state index contributed by atoms with van der Waals surface area (Å²) in [6.45, 7) is 4.90. The number of benzene rings is 4. The highest BCUT2D eigenvalue weighted by atomic mass is 16.5. The van der Waals surface area contributed by atoms with Gasteiger partial charge in [0.05, 0.1) is 17.6 Å². The maximum Gasteiger partial charge on any atom is 0.153 e. The fourth-order valence-corrected chi connectivity index (χ4v) is 4.12. The van der Waals surface area contributed by atoms with Crippen molar-refractivity contribution in [1.29, 1.82) is 0 Å². The van der Waals surface area contributed by atoms with Crippen LogP contribution in [0.15, 0.2) is 91.0 Å². The van der Waals surface area contributed by atoms with Gasteiger partial charge in [-0.2, -0.15) is 0 Å². The number of aryl methyl sites for hydroxylation is 1. The third-order valence-corrected chi connectivity index (χ3v) is 5.56. The fourth-order valence-electron chi connectivity index (χ4n) is 4.12. The van der Waals surface area contributed by atoms with Gasteiger partial charge in [-0.25, -0.2) is 4.98 Å². The highest BCUT2D eigenvalue weighted by molar-refractivity contribution is 5.86. The Hall–Kier alpha value is -3.59. The SMILES string of the molecule is Cc1cccc(OC(C)c2nc3ccccc3n2Cc2cccc3ccccc23)c1. The summed E-state index contributed by atoms with van der Waals surface area (Å²) >= 11 is 0. The van der Waals surface area contributed by atoms with Crippen molar-refractivity contribution in [1.82, 2.24) is 9.55 Å². The molecule has 0 fully saturated rings. The minimum Gasteiger partial charge on any atom is -0.483 e. The van der Waals surface area contributed by atoms with E-state index in [1.807, 2.05) is 18.2 Å². The molecular weight excluding hydrogens is 368 g/mol. The number of hydrogen-bond donors (Lipinski definition) is 0. The largest absolute Gasteiger partial charge is 0.483 e. The highest BCUT2D eigenvalue weighted by Crippen LogP contribution is 2.28. The molecule has 0 N–H and O–H groups in total. The van der Waals surface area contributed by atoms with Crippen LogP contribution < -0.4 is 4.74 Å². The molecule has 1 aromatic heterocycles. The molecule has 3 nitrogen and oxygen atoms in total. The van der Waals surface area contributed by atoms with Gasteiger partial charge in [0.25, 0.3) is 0 Å². The topological polar surface area (TPSA) is 27.1 Å². The minimum absolute atomic E-state index is 0.172. The Morgan fingerprint density at radius 1 is 0.867 bits per heavy atom. The van der Waals surface area contributed by atoms with Gasteiger partial charge in [0, 0.05) is 0 Å². The molecule has 3 heteroatoms. The molecule has 1 heterocycles. The van der Waals surface area contributed by atoms with Crippen LogP contribution in [0, 0.1) is 6.92 Å². The predicted octanol–water partition coefficient (Wildman–Crippen LogP) is 6.69. The first-order valence-electron chi connectivity index (χ1n) is 10.3. The van der Waals surface area contributed by atoms with Gasteiger partial charge in [0.15, 0.2) is 11.9 Å². The maximum atomic E-state index is 6.29. The van der Waals surface area contributed by atoms with Crippen molar-refractivity contribution >= 4 is 21.8 Å². The molecule has 0 aliphatic carbocycles. The Morgan fingerprint density at radius 2 is 1.63 bits per heavy atom. The van der Waals surface area contributed by atoms with Gasteiger partial charge in [0.1, 0.15) is 5.75 Å². The number of rotatable bonds is 5. The van der Waals surface area contributed by atoms with E-state index in [1.165, 1.54) is 21.9 Å². The summed E-state index contributed by atoms with van der Waals surface area (Å²) in [7, 11) is 0. The third-order valence-electron chi connectivity index (χ3n) is 5.56. The standard InChI is InChI=1S/C27H24N2O/c1-19-9-7-13-23(17-19)30-20(2)27-28-25-15-5-6-16-26(25)29(27)18-22-12-8-11-21-10-3-4-14-24(21)22/h3-17,20H,18H2,1-2H3. The van der Waals surface area contributed by atoms with Gasteiger partial charge in [-0.15, -0.1) is 0 Å². The average molecular weight is 393 g/mol. The molecule has 0 radical (unpaired) electrons. The summed E-state index contributed by atoms with van der Waals surface area (Å²) in [5.74, 6) is 1.80. The molecule has 5 rings (SSSR count). The van der Waals surface area contributed by atoms with Gasteiger partial charge in [0.2, 0.25) is 0 Å². The Bertz CT molecular complexity index is 1330. The van der Waals surface area contributed by atoms with E-state index in [9.17, 15) is 0 Å². The third kappa shape index (κ3) is 3.43. The number of imidazole rings is 1. The number of nitrogens with zero attached hydrogens (tertiary/aromatic N) is 2. The van der Waals surface area contributed by atoms with Crippen LogP contribution in [0.1, 0.15) is 30.0 Å². The van der Waals surface area contributed by atoms with Crippen molar-refractivity contribution in [2.24, 2.45) is 0 Å². The number of aromatic nitrogens is 2. The molecule has 0 bridgehead atoms. The van der Waals surface area contributed by atoms with Crippen molar-refractivity contribution < 1.29 is 4.74 Å². The van der Waals surface area contributed by atoms with Gasteiger partial charge >= 0.3 is 0 Å². The van der Waals surface area contributed by atoms with E-state index in [0.29, 0.717) is 0 Å². The highest BCUT2D eigenvalue weighted by Gasteiger charge is 2.19. The molecule has 30 heavy (non-hydrogen) atoms. The second kappa shape index (κ2) is 7.68. The smallest absolute Gasteiger partial charge is 0.153 e. The summed E-state index contributed by atoms with van der Waals surface area (Å²) in [4.78, 5) is 4.95. The fraction of sp³-hybridized carbons (Fsp3) is 0.148. The molecule has 5 aromatic rings. The zero-order chi connectivity index (χ0) is 20.5. The van der Waals surface area contributed by atoms with Crippen LogP contribution in [-0.4, -0.2) is 9.55 Å². The minimum atomic E-state index is -0.172. The lowest BCUT2D eigenvalue weighted by molar-refractivity contribution is 0.212. The van der Waals surface area contributed by atoms with E-state index < -0.39 is 0 Å². The average Bonchev–Trinajstić information content (AvgIpc) is 3.13. The van der Waals surface area contributed by atoms with Crippen LogP contribution in [0.5, 0.6) is 5.75 Å². The van der Waals surface area contributed by atoms with Crippen molar-refractivity contribution in [3.8, 4) is 5.75 Å². The van der Waals surface area contributed by atoms with Gasteiger partial charge < -0.3 is 9.30 Å². The van der Waals surface area contributed by atoms with E-state index >= 15 is 0 Å². The van der Waals surface area contributed by atoms with Gasteiger partial charge in [-0.3, -0.25) is 0 Å². The summed E-state index contributed by atoms with van der Waals surface area (Å²) in [5, 5.41) is 2.53. The van der Waals surface area contributed by atoms with E-state index in [-0.39, 0.29) is 6.10 Å². The van der Waals surface area contributed by atoms with Crippen molar-refractivity contribution in [2.45, 2.75) is 26.5 Å². The summed E-state index contributed by atoms with van der Waals surface area (Å²) in [6.07, 6.45) is -0.172. The first-order valence-corrected chi connectivity index (χ1v) is 10.3. The molecule has 4 aromatic carbocycles. The van der Waals surface area contributed by atoms with Crippen LogP contribution >= 0.6 is 0 Å². The van der Waals surface area contributed by atoms with E-state index in [1.54, 1.807) is 0 Å². The molecule has 1 unspecified atom stereocenters. The summed E-state index contributed by atoms with van der Waals surface area (Å²) in [6, 6.07) is 31.5. The number of fused-ring (bicyclic) bond motifs is 2. The first kappa shape index (κ1) is 18.4. The summed E-state index contributed by atoms with van der Waals surface area (Å²) < 4.78 is 8.58. The van der Waals surface area contributed by atoms with Gasteiger partial charge in [-0.1, -0.05) is 66.7 Å². The monoisotopic (exact) mass is 392 g/mol. The zero-order valence-corrected chi connectivity index (χ0v) is 17.2. The van der Waals surface area contributed by atoms with E-state index in [4.69, 9.17) is 9.72 Å². The number of ether oxygens (including phenoxy) is 1. The lowest BCUT2D eigenvalue weighted by atomic mass is 10.0. The molecule has 1 atom stereocenters. The molecule has 0 aliphatic rings. The quantitative estimate of drug-likeness (QED) is 0.333. The molecule has 0 spiro atoms. The number of hydrogen-bond acceptors (Lipinski definition) is 2.